The van der Waals surface area contributed by atoms with Crippen LogP contribution >= 0.6 is 0 Å². The maximum absolute atomic E-state index is 11.9. The van der Waals surface area contributed by atoms with Crippen LogP contribution in [0.1, 0.15) is 51.4 Å². The highest BCUT2D eigenvalue weighted by Gasteiger charge is 2.19. The molecule has 0 unspecified atom stereocenters. The molecule has 1 aromatic carbocycles. The van der Waals surface area contributed by atoms with Crippen LogP contribution in [0, 0.1) is 0 Å². The Bertz CT molecular complexity index is 591. The Labute approximate surface area is 136 Å². The highest BCUT2D eigenvalue weighted by molar-refractivity contribution is 5.96. The van der Waals surface area contributed by atoms with Crippen molar-refractivity contribution in [2.75, 3.05) is 5.32 Å². The Morgan fingerprint density at radius 2 is 1.87 bits per heavy atom. The fraction of sp³-hybridized carbons (Fsp3) is 0.471. The van der Waals surface area contributed by atoms with Crippen molar-refractivity contribution >= 4 is 23.5 Å². The third kappa shape index (κ3) is 7.44. The smallest absolute Gasteiger partial charge is 0.319 e. The van der Waals surface area contributed by atoms with Gasteiger partial charge < -0.3 is 15.4 Å². The first-order valence-electron chi connectivity index (χ1n) is 7.47. The first-order chi connectivity index (χ1) is 10.6. The predicted octanol–water partition coefficient (Wildman–Crippen LogP) is 3.13. The van der Waals surface area contributed by atoms with Crippen molar-refractivity contribution in [2.24, 2.45) is 0 Å². The van der Waals surface area contributed by atoms with Gasteiger partial charge in [-0.15, -0.1) is 0 Å². The summed E-state index contributed by atoms with van der Waals surface area (Å²) < 4.78 is 5.20. The molecule has 0 saturated heterocycles. The number of amides is 2. The molecule has 1 atom stereocenters. The molecule has 0 aromatic heterocycles. The fourth-order valence-electron chi connectivity index (χ4n) is 1.89. The van der Waals surface area contributed by atoms with Gasteiger partial charge in [-0.3, -0.25) is 9.59 Å². The molecule has 2 N–H and O–H groups in total. The lowest BCUT2D eigenvalue weighted by molar-refractivity contribution is -0.155. The zero-order valence-electron chi connectivity index (χ0n) is 14.2. The van der Waals surface area contributed by atoms with Gasteiger partial charge in [0.25, 0.3) is 0 Å². The number of Topliss-reactive ketones (excluding diaryl/α,β-unsaturated/α-hetero) is 1. The monoisotopic (exact) mass is 320 g/mol. The van der Waals surface area contributed by atoms with E-state index in [4.69, 9.17) is 4.74 Å². The minimum Gasteiger partial charge on any atom is -0.460 e. The molecule has 0 aliphatic heterocycles. The van der Waals surface area contributed by atoms with Crippen LogP contribution in [0.25, 0.3) is 0 Å². The van der Waals surface area contributed by atoms with Crippen LogP contribution in [0.5, 0.6) is 0 Å². The standard InChI is InChI=1S/C17H24N2O4/c1-11(9-15(21)23-17(3,4)5)18-16(22)19-14-8-6-7-13(10-14)12(2)20/h6-8,10-11H,9H2,1-5H3,(H2,18,19,22)/t11-/m0/s1. The van der Waals surface area contributed by atoms with Crippen molar-refractivity contribution in [2.45, 2.75) is 52.7 Å². The molecule has 6 heteroatoms. The van der Waals surface area contributed by atoms with Gasteiger partial charge in [0, 0.05) is 17.3 Å². The van der Waals surface area contributed by atoms with E-state index in [2.05, 4.69) is 10.6 Å². The van der Waals surface area contributed by atoms with Crippen molar-refractivity contribution in [3.05, 3.63) is 29.8 Å². The van der Waals surface area contributed by atoms with Gasteiger partial charge in [-0.1, -0.05) is 12.1 Å². The minimum absolute atomic E-state index is 0.0765. The van der Waals surface area contributed by atoms with Crippen LogP contribution in [-0.2, 0) is 9.53 Å². The fourth-order valence-corrected chi connectivity index (χ4v) is 1.89. The lowest BCUT2D eigenvalue weighted by Gasteiger charge is -2.21. The summed E-state index contributed by atoms with van der Waals surface area (Å²) in [6, 6.07) is 5.83. The molecule has 0 heterocycles. The molecule has 1 aromatic rings. The number of hydrogen-bond acceptors (Lipinski definition) is 4. The highest BCUT2D eigenvalue weighted by atomic mass is 16.6. The van der Waals surface area contributed by atoms with Gasteiger partial charge in [-0.25, -0.2) is 4.79 Å². The average Bonchev–Trinajstić information content (AvgIpc) is 2.35. The molecule has 126 valence electrons. The summed E-state index contributed by atoms with van der Waals surface area (Å²) >= 11 is 0. The van der Waals surface area contributed by atoms with Gasteiger partial charge in [0.2, 0.25) is 0 Å². The predicted molar refractivity (Wildman–Crippen MR) is 88.5 cm³/mol. The summed E-state index contributed by atoms with van der Waals surface area (Å²) in [5.74, 6) is -0.448. The van der Waals surface area contributed by atoms with E-state index >= 15 is 0 Å². The van der Waals surface area contributed by atoms with Gasteiger partial charge in [-0.2, -0.15) is 0 Å². The number of ether oxygens (including phenoxy) is 1. The molecule has 6 nitrogen and oxygen atoms in total. The topological polar surface area (TPSA) is 84.5 Å². The first kappa shape index (κ1) is 18.7. The number of benzene rings is 1. The molecular formula is C17H24N2O4. The van der Waals surface area contributed by atoms with Crippen molar-refractivity contribution in [3.8, 4) is 0 Å². The normalized spacial score (nSPS) is 12.2. The molecule has 0 aliphatic rings. The maximum Gasteiger partial charge on any atom is 0.319 e. The molecule has 2 amide bonds. The van der Waals surface area contributed by atoms with Crippen molar-refractivity contribution in [3.63, 3.8) is 0 Å². The van der Waals surface area contributed by atoms with Gasteiger partial charge >= 0.3 is 12.0 Å². The minimum atomic E-state index is -0.549. The first-order valence-corrected chi connectivity index (χ1v) is 7.47. The van der Waals surface area contributed by atoms with E-state index in [1.165, 1.54) is 6.92 Å². The van der Waals surface area contributed by atoms with E-state index in [0.29, 0.717) is 11.3 Å². The Morgan fingerprint density at radius 1 is 1.22 bits per heavy atom. The molecule has 0 bridgehead atoms. The molecule has 0 spiro atoms. The maximum atomic E-state index is 11.9. The SMILES string of the molecule is CC(=O)c1cccc(NC(=O)N[C@@H](C)CC(=O)OC(C)(C)C)c1. The van der Waals surface area contributed by atoms with Gasteiger partial charge in [0.05, 0.1) is 6.42 Å². The van der Waals surface area contributed by atoms with Crippen LogP contribution in [-0.4, -0.2) is 29.4 Å². The van der Waals surface area contributed by atoms with E-state index in [-0.39, 0.29) is 24.2 Å². The summed E-state index contributed by atoms with van der Waals surface area (Å²) in [7, 11) is 0. The number of ketones is 1. The number of urea groups is 1. The number of hydrogen-bond donors (Lipinski definition) is 2. The summed E-state index contributed by atoms with van der Waals surface area (Å²) in [5, 5.41) is 5.29. The number of nitrogens with one attached hydrogen (secondary N) is 2. The summed E-state index contributed by atoms with van der Waals surface area (Å²) in [5.41, 5.74) is 0.482. The molecule has 0 fully saturated rings. The Hall–Kier alpha value is -2.37. The quantitative estimate of drug-likeness (QED) is 0.645. The second-order valence-electron chi connectivity index (χ2n) is 6.43. The number of anilines is 1. The zero-order valence-corrected chi connectivity index (χ0v) is 14.2. The molecule has 23 heavy (non-hydrogen) atoms. The highest BCUT2D eigenvalue weighted by Crippen LogP contribution is 2.12. The average molecular weight is 320 g/mol. The Balaban J connectivity index is 2.51. The summed E-state index contributed by atoms with van der Waals surface area (Å²) in [6.07, 6.45) is 0.0815. The van der Waals surface area contributed by atoms with Gasteiger partial charge in [0.1, 0.15) is 5.60 Å². The molecule has 0 saturated carbocycles. The summed E-state index contributed by atoms with van der Waals surface area (Å²) in [6.45, 7) is 8.55. The van der Waals surface area contributed by atoms with Crippen molar-refractivity contribution < 1.29 is 19.1 Å². The Morgan fingerprint density at radius 3 is 2.43 bits per heavy atom. The van der Waals surface area contributed by atoms with Crippen LogP contribution in [0.2, 0.25) is 0 Å². The van der Waals surface area contributed by atoms with E-state index in [1.807, 2.05) is 0 Å². The van der Waals surface area contributed by atoms with Crippen LogP contribution < -0.4 is 10.6 Å². The van der Waals surface area contributed by atoms with E-state index in [0.717, 1.165) is 0 Å². The Kier molecular flexibility index (Phi) is 6.30. The van der Waals surface area contributed by atoms with Crippen molar-refractivity contribution in [1.82, 2.24) is 5.32 Å². The third-order valence-corrected chi connectivity index (χ3v) is 2.80. The van der Waals surface area contributed by atoms with E-state index < -0.39 is 11.6 Å². The number of esters is 1. The molecular weight excluding hydrogens is 296 g/mol. The third-order valence-electron chi connectivity index (χ3n) is 2.80. The lowest BCUT2D eigenvalue weighted by atomic mass is 10.1. The van der Waals surface area contributed by atoms with Crippen LogP contribution in [0.3, 0.4) is 0 Å². The second-order valence-corrected chi connectivity index (χ2v) is 6.43. The zero-order chi connectivity index (χ0) is 17.6. The lowest BCUT2D eigenvalue weighted by Crippen LogP contribution is -2.38. The van der Waals surface area contributed by atoms with Crippen LogP contribution in [0.4, 0.5) is 10.5 Å². The van der Waals surface area contributed by atoms with Crippen LogP contribution in [0.15, 0.2) is 24.3 Å². The summed E-state index contributed by atoms with van der Waals surface area (Å²) in [4.78, 5) is 34.9. The van der Waals surface area contributed by atoms with Gasteiger partial charge in [-0.05, 0) is 46.8 Å². The van der Waals surface area contributed by atoms with Gasteiger partial charge in [0.15, 0.2) is 5.78 Å². The van der Waals surface area contributed by atoms with Crippen molar-refractivity contribution in [1.29, 1.82) is 0 Å². The number of carbonyl (C=O) groups is 3. The largest absolute Gasteiger partial charge is 0.460 e. The molecule has 0 aliphatic carbocycles. The van der Waals surface area contributed by atoms with E-state index in [9.17, 15) is 14.4 Å². The number of rotatable bonds is 5. The van der Waals surface area contributed by atoms with E-state index in [1.54, 1.807) is 52.0 Å². The molecule has 0 radical (unpaired) electrons. The second kappa shape index (κ2) is 7.76. The number of carbonyl (C=O) groups excluding carboxylic acids is 3. The molecule has 1 rings (SSSR count).